The van der Waals surface area contributed by atoms with Crippen molar-refractivity contribution in [3.05, 3.63) is 0 Å². The number of rotatable bonds is 3. The van der Waals surface area contributed by atoms with E-state index in [-0.39, 0.29) is 6.03 Å². The van der Waals surface area contributed by atoms with Gasteiger partial charge in [0.1, 0.15) is 5.54 Å². The monoisotopic (exact) mass is 296 g/mol. The van der Waals surface area contributed by atoms with Crippen molar-refractivity contribution in [2.75, 3.05) is 13.1 Å². The molecule has 1 saturated carbocycles. The summed E-state index contributed by atoms with van der Waals surface area (Å²) in [5, 5.41) is 12.4. The molecule has 5 heteroatoms. The number of carboxylic acids is 1. The van der Waals surface area contributed by atoms with E-state index in [0.29, 0.717) is 18.8 Å². The molecule has 0 aromatic rings. The zero-order valence-electron chi connectivity index (χ0n) is 13.1. The first-order valence-electron chi connectivity index (χ1n) is 8.38. The molecule has 2 aliphatic rings. The van der Waals surface area contributed by atoms with Gasteiger partial charge in [-0.3, -0.25) is 0 Å². The van der Waals surface area contributed by atoms with Gasteiger partial charge in [-0.2, -0.15) is 0 Å². The van der Waals surface area contributed by atoms with Crippen LogP contribution in [0.25, 0.3) is 0 Å². The number of urea groups is 1. The SMILES string of the molecule is CCC1CCCN(C(=O)NC2(C(=O)O)CCCCC2)CC1. The van der Waals surface area contributed by atoms with E-state index >= 15 is 0 Å². The molecule has 1 unspecified atom stereocenters. The molecule has 1 saturated heterocycles. The summed E-state index contributed by atoms with van der Waals surface area (Å²) in [6, 6.07) is -0.184. The molecule has 0 aromatic carbocycles. The topological polar surface area (TPSA) is 69.6 Å². The van der Waals surface area contributed by atoms with E-state index < -0.39 is 11.5 Å². The third-order valence-corrected chi connectivity index (χ3v) is 5.17. The van der Waals surface area contributed by atoms with E-state index in [1.165, 1.54) is 6.42 Å². The predicted molar refractivity (Wildman–Crippen MR) is 81.2 cm³/mol. The molecule has 1 heterocycles. The van der Waals surface area contributed by atoms with Crippen LogP contribution in [0.2, 0.25) is 0 Å². The molecule has 2 fully saturated rings. The molecule has 2 N–H and O–H groups in total. The fourth-order valence-corrected chi connectivity index (χ4v) is 3.61. The molecular weight excluding hydrogens is 268 g/mol. The van der Waals surface area contributed by atoms with Crippen LogP contribution < -0.4 is 5.32 Å². The zero-order chi connectivity index (χ0) is 15.3. The summed E-state index contributed by atoms with van der Waals surface area (Å²) in [5.41, 5.74) is -1.04. The Morgan fingerprint density at radius 1 is 1.14 bits per heavy atom. The van der Waals surface area contributed by atoms with Gasteiger partial charge in [-0.05, 0) is 38.0 Å². The lowest BCUT2D eigenvalue weighted by molar-refractivity contribution is -0.146. The van der Waals surface area contributed by atoms with Gasteiger partial charge in [-0.15, -0.1) is 0 Å². The summed E-state index contributed by atoms with van der Waals surface area (Å²) in [4.78, 5) is 25.9. The number of likely N-dealkylation sites (tertiary alicyclic amines) is 1. The zero-order valence-corrected chi connectivity index (χ0v) is 13.1. The molecule has 120 valence electrons. The van der Waals surface area contributed by atoms with Gasteiger partial charge in [0.15, 0.2) is 0 Å². The molecule has 0 radical (unpaired) electrons. The smallest absolute Gasteiger partial charge is 0.329 e. The lowest BCUT2D eigenvalue weighted by atomic mass is 9.82. The quantitative estimate of drug-likeness (QED) is 0.841. The van der Waals surface area contributed by atoms with Crippen molar-refractivity contribution in [2.45, 2.75) is 70.3 Å². The number of amides is 2. The van der Waals surface area contributed by atoms with Crippen molar-refractivity contribution in [3.8, 4) is 0 Å². The van der Waals surface area contributed by atoms with Crippen LogP contribution in [0, 0.1) is 5.92 Å². The lowest BCUT2D eigenvalue weighted by Gasteiger charge is -2.36. The Hall–Kier alpha value is -1.26. The number of nitrogens with zero attached hydrogens (tertiary/aromatic N) is 1. The van der Waals surface area contributed by atoms with Crippen molar-refractivity contribution in [3.63, 3.8) is 0 Å². The highest BCUT2D eigenvalue weighted by Gasteiger charge is 2.41. The molecular formula is C16H28N2O3. The van der Waals surface area contributed by atoms with Crippen molar-refractivity contribution < 1.29 is 14.7 Å². The molecule has 2 rings (SSSR count). The average molecular weight is 296 g/mol. The first-order valence-corrected chi connectivity index (χ1v) is 8.38. The van der Waals surface area contributed by atoms with E-state index in [1.54, 1.807) is 0 Å². The van der Waals surface area contributed by atoms with Gasteiger partial charge in [0.05, 0.1) is 0 Å². The van der Waals surface area contributed by atoms with Crippen LogP contribution in [0.1, 0.15) is 64.7 Å². The molecule has 0 bridgehead atoms. The van der Waals surface area contributed by atoms with Gasteiger partial charge in [0, 0.05) is 13.1 Å². The van der Waals surface area contributed by atoms with Crippen molar-refractivity contribution in [1.82, 2.24) is 10.2 Å². The minimum absolute atomic E-state index is 0.184. The minimum Gasteiger partial charge on any atom is -0.480 e. The maximum atomic E-state index is 12.5. The Morgan fingerprint density at radius 2 is 1.86 bits per heavy atom. The van der Waals surface area contributed by atoms with Crippen LogP contribution in [0.5, 0.6) is 0 Å². The van der Waals surface area contributed by atoms with Gasteiger partial charge in [-0.25, -0.2) is 9.59 Å². The highest BCUT2D eigenvalue weighted by atomic mass is 16.4. The Morgan fingerprint density at radius 3 is 2.48 bits per heavy atom. The highest BCUT2D eigenvalue weighted by molar-refractivity contribution is 5.86. The van der Waals surface area contributed by atoms with Gasteiger partial charge in [0.2, 0.25) is 0 Å². The third kappa shape index (κ3) is 3.89. The summed E-state index contributed by atoms with van der Waals surface area (Å²) in [5.74, 6) is -0.178. The number of carbonyl (C=O) groups excluding carboxylic acids is 1. The highest BCUT2D eigenvalue weighted by Crippen LogP contribution is 2.29. The third-order valence-electron chi connectivity index (χ3n) is 5.17. The van der Waals surface area contributed by atoms with Crippen LogP contribution in [0.15, 0.2) is 0 Å². The Labute approximate surface area is 127 Å². The summed E-state index contributed by atoms with van der Waals surface area (Å²) in [7, 11) is 0. The fraction of sp³-hybridized carbons (Fsp3) is 0.875. The molecule has 21 heavy (non-hydrogen) atoms. The predicted octanol–water partition coefficient (Wildman–Crippen LogP) is 3.00. The second-order valence-corrected chi connectivity index (χ2v) is 6.57. The standard InChI is InChI=1S/C16H28N2O3/c1-2-13-7-6-11-18(12-8-13)15(21)17-16(14(19)20)9-4-3-5-10-16/h13H,2-12H2,1H3,(H,17,21)(H,19,20). The number of carbonyl (C=O) groups is 2. The maximum absolute atomic E-state index is 12.5. The van der Waals surface area contributed by atoms with E-state index in [2.05, 4.69) is 12.2 Å². The van der Waals surface area contributed by atoms with Crippen molar-refractivity contribution in [2.24, 2.45) is 5.92 Å². The van der Waals surface area contributed by atoms with E-state index in [1.807, 2.05) is 4.90 Å². The lowest BCUT2D eigenvalue weighted by Crippen LogP contribution is -2.58. The van der Waals surface area contributed by atoms with Crippen LogP contribution in [0.4, 0.5) is 4.79 Å². The summed E-state index contributed by atoms with van der Waals surface area (Å²) in [6.45, 7) is 3.69. The van der Waals surface area contributed by atoms with Gasteiger partial charge >= 0.3 is 12.0 Å². The Bertz CT molecular complexity index is 378. The van der Waals surface area contributed by atoms with Crippen molar-refractivity contribution in [1.29, 1.82) is 0 Å². The molecule has 1 aliphatic carbocycles. The minimum atomic E-state index is -1.04. The number of hydrogen-bond donors (Lipinski definition) is 2. The second-order valence-electron chi connectivity index (χ2n) is 6.57. The Balaban J connectivity index is 1.97. The Kier molecular flexibility index (Phi) is 5.48. The first-order chi connectivity index (χ1) is 10.1. The molecule has 1 atom stereocenters. The van der Waals surface area contributed by atoms with Crippen LogP contribution in [0.3, 0.4) is 0 Å². The van der Waals surface area contributed by atoms with Crippen molar-refractivity contribution >= 4 is 12.0 Å². The van der Waals surface area contributed by atoms with Crippen LogP contribution >= 0.6 is 0 Å². The first kappa shape index (κ1) is 16.1. The second kappa shape index (κ2) is 7.14. The molecule has 1 aliphatic heterocycles. The molecule has 0 spiro atoms. The van der Waals surface area contributed by atoms with E-state index in [9.17, 15) is 14.7 Å². The number of aliphatic carboxylic acids is 1. The summed E-state index contributed by atoms with van der Waals surface area (Å²) >= 11 is 0. The number of carboxylic acid groups (broad SMARTS) is 1. The fourth-order valence-electron chi connectivity index (χ4n) is 3.61. The molecule has 5 nitrogen and oxygen atoms in total. The van der Waals surface area contributed by atoms with Crippen LogP contribution in [-0.2, 0) is 4.79 Å². The molecule has 0 aromatic heterocycles. The largest absolute Gasteiger partial charge is 0.480 e. The van der Waals surface area contributed by atoms with Crippen LogP contribution in [-0.4, -0.2) is 40.6 Å². The van der Waals surface area contributed by atoms with Gasteiger partial charge in [-0.1, -0.05) is 32.6 Å². The molecule has 2 amide bonds. The maximum Gasteiger partial charge on any atom is 0.329 e. The van der Waals surface area contributed by atoms with Gasteiger partial charge < -0.3 is 15.3 Å². The summed E-state index contributed by atoms with van der Waals surface area (Å²) in [6.07, 6.45) is 8.32. The normalized spacial score (nSPS) is 26.0. The number of nitrogens with one attached hydrogen (secondary N) is 1. The number of hydrogen-bond acceptors (Lipinski definition) is 2. The van der Waals surface area contributed by atoms with E-state index in [0.717, 1.165) is 51.6 Å². The van der Waals surface area contributed by atoms with Gasteiger partial charge in [0.25, 0.3) is 0 Å². The average Bonchev–Trinajstić information content (AvgIpc) is 2.73. The summed E-state index contributed by atoms with van der Waals surface area (Å²) < 4.78 is 0. The van der Waals surface area contributed by atoms with E-state index in [4.69, 9.17) is 0 Å².